The van der Waals surface area contributed by atoms with Crippen LogP contribution in [0.5, 0.6) is 0 Å². The van der Waals surface area contributed by atoms with Crippen LogP contribution in [0, 0.1) is 18.8 Å². The molecule has 0 aliphatic rings. The number of nitrogens with zero attached hydrogens (tertiary/aromatic N) is 1. The van der Waals surface area contributed by atoms with Crippen LogP contribution in [0.4, 0.5) is 0 Å². The molecule has 98 valence electrons. The normalized spacial score (nSPS) is 10.3. The van der Waals surface area contributed by atoms with E-state index in [4.69, 9.17) is 11.6 Å². The van der Waals surface area contributed by atoms with Crippen molar-refractivity contribution in [3.63, 3.8) is 0 Å². The van der Waals surface area contributed by atoms with Gasteiger partial charge in [-0.05, 0) is 50.6 Å². The Labute approximate surface area is 116 Å². The molecule has 0 aromatic heterocycles. The van der Waals surface area contributed by atoms with Gasteiger partial charge in [-0.15, -0.1) is 0 Å². The van der Waals surface area contributed by atoms with Crippen LogP contribution in [0.3, 0.4) is 0 Å². The van der Waals surface area contributed by atoms with Crippen molar-refractivity contribution in [2.24, 2.45) is 0 Å². The summed E-state index contributed by atoms with van der Waals surface area (Å²) in [6, 6.07) is 5.98. The van der Waals surface area contributed by atoms with Gasteiger partial charge in [-0.1, -0.05) is 43.4 Å². The van der Waals surface area contributed by atoms with E-state index in [1.165, 1.54) is 12.8 Å². The van der Waals surface area contributed by atoms with E-state index in [2.05, 4.69) is 30.6 Å². The van der Waals surface area contributed by atoms with Crippen LogP contribution in [0.2, 0.25) is 5.02 Å². The second kappa shape index (κ2) is 8.19. The minimum absolute atomic E-state index is 0.792. The van der Waals surface area contributed by atoms with Gasteiger partial charge in [-0.25, -0.2) is 0 Å². The zero-order chi connectivity index (χ0) is 13.4. The smallest absolute Gasteiger partial charge is 0.0605 e. The summed E-state index contributed by atoms with van der Waals surface area (Å²) in [5.74, 6) is 6.42. The quantitative estimate of drug-likeness (QED) is 0.723. The van der Waals surface area contributed by atoms with E-state index in [0.717, 1.165) is 35.8 Å². The van der Waals surface area contributed by atoms with E-state index in [1.54, 1.807) is 0 Å². The minimum Gasteiger partial charge on any atom is -0.292 e. The fourth-order valence-corrected chi connectivity index (χ4v) is 2.01. The second-order valence-corrected chi connectivity index (χ2v) is 4.95. The summed E-state index contributed by atoms with van der Waals surface area (Å²) < 4.78 is 0. The maximum absolute atomic E-state index is 6.08. The molecule has 0 spiro atoms. The van der Waals surface area contributed by atoms with Gasteiger partial charge in [-0.2, -0.15) is 0 Å². The topological polar surface area (TPSA) is 3.24 Å². The van der Waals surface area contributed by atoms with E-state index < -0.39 is 0 Å². The third-order valence-electron chi connectivity index (χ3n) is 2.79. The van der Waals surface area contributed by atoms with Gasteiger partial charge in [0, 0.05) is 10.6 Å². The summed E-state index contributed by atoms with van der Waals surface area (Å²) in [5.41, 5.74) is 2.10. The molecule has 0 amide bonds. The predicted molar refractivity (Wildman–Crippen MR) is 80.1 cm³/mol. The molecule has 2 heteroatoms. The Kier molecular flexibility index (Phi) is 6.86. The number of benzene rings is 1. The Morgan fingerprint density at radius 2 is 1.83 bits per heavy atom. The molecule has 1 nitrogen and oxygen atoms in total. The predicted octanol–water partition coefficient (Wildman–Crippen LogP) is 4.12. The van der Waals surface area contributed by atoms with Gasteiger partial charge in [0.1, 0.15) is 0 Å². The third kappa shape index (κ3) is 5.12. The molecule has 0 saturated carbocycles. The molecular formula is C16H22ClN. The summed E-state index contributed by atoms with van der Waals surface area (Å²) in [4.78, 5) is 2.39. The van der Waals surface area contributed by atoms with Crippen molar-refractivity contribution in [2.45, 2.75) is 33.6 Å². The Morgan fingerprint density at radius 3 is 2.39 bits per heavy atom. The Balaban J connectivity index is 2.60. The first-order valence-corrected chi connectivity index (χ1v) is 7.02. The van der Waals surface area contributed by atoms with Crippen LogP contribution in [0.25, 0.3) is 0 Å². The minimum atomic E-state index is 0.792. The number of aryl methyl sites for hydroxylation is 1. The van der Waals surface area contributed by atoms with Gasteiger partial charge in [0.25, 0.3) is 0 Å². The molecule has 0 aliphatic heterocycles. The third-order valence-corrected chi connectivity index (χ3v) is 3.19. The molecule has 0 N–H and O–H groups in total. The van der Waals surface area contributed by atoms with Crippen LogP contribution >= 0.6 is 11.6 Å². The summed E-state index contributed by atoms with van der Waals surface area (Å²) >= 11 is 6.08. The van der Waals surface area contributed by atoms with E-state index in [-0.39, 0.29) is 0 Å². The van der Waals surface area contributed by atoms with Crippen LogP contribution in [0.1, 0.15) is 37.8 Å². The van der Waals surface area contributed by atoms with E-state index in [1.807, 2.05) is 25.1 Å². The molecule has 0 bridgehead atoms. The Bertz CT molecular complexity index is 422. The highest BCUT2D eigenvalue weighted by Gasteiger charge is 1.99. The molecule has 0 radical (unpaired) electrons. The Hall–Kier alpha value is -0.970. The SMILES string of the molecule is CCCN(CC#Cc1ccc(C)c(Cl)c1)CCC. The van der Waals surface area contributed by atoms with Crippen molar-refractivity contribution in [3.05, 3.63) is 34.3 Å². The van der Waals surface area contributed by atoms with Gasteiger partial charge in [0.05, 0.1) is 6.54 Å². The molecule has 0 fully saturated rings. The molecule has 0 atom stereocenters. The summed E-state index contributed by atoms with van der Waals surface area (Å²) in [6.07, 6.45) is 2.36. The molecule has 1 rings (SSSR count). The first kappa shape index (κ1) is 15.1. The van der Waals surface area contributed by atoms with Crippen LogP contribution in [-0.2, 0) is 0 Å². The monoisotopic (exact) mass is 263 g/mol. The molecule has 0 saturated heterocycles. The fourth-order valence-electron chi connectivity index (χ4n) is 1.83. The van der Waals surface area contributed by atoms with Gasteiger partial charge < -0.3 is 0 Å². The number of halogens is 1. The van der Waals surface area contributed by atoms with Crippen molar-refractivity contribution in [1.29, 1.82) is 0 Å². The lowest BCUT2D eigenvalue weighted by Crippen LogP contribution is -2.25. The lowest BCUT2D eigenvalue weighted by Gasteiger charge is -2.17. The Morgan fingerprint density at radius 1 is 1.17 bits per heavy atom. The lowest BCUT2D eigenvalue weighted by molar-refractivity contribution is 0.308. The number of rotatable bonds is 5. The highest BCUT2D eigenvalue weighted by atomic mass is 35.5. The van der Waals surface area contributed by atoms with Crippen molar-refractivity contribution in [1.82, 2.24) is 4.90 Å². The molecular weight excluding hydrogens is 242 g/mol. The zero-order valence-corrected chi connectivity index (χ0v) is 12.3. The average molecular weight is 264 g/mol. The average Bonchev–Trinajstić information content (AvgIpc) is 2.34. The molecule has 0 unspecified atom stereocenters. The van der Waals surface area contributed by atoms with Crippen LogP contribution in [0.15, 0.2) is 18.2 Å². The first-order chi connectivity index (χ1) is 8.67. The number of hydrogen-bond donors (Lipinski definition) is 0. The van der Waals surface area contributed by atoms with Gasteiger partial charge in [-0.3, -0.25) is 4.90 Å². The van der Waals surface area contributed by atoms with Crippen molar-refractivity contribution < 1.29 is 0 Å². The summed E-state index contributed by atoms with van der Waals surface area (Å²) in [6.45, 7) is 9.50. The molecule has 1 aromatic carbocycles. The maximum atomic E-state index is 6.08. The van der Waals surface area contributed by atoms with Gasteiger partial charge >= 0.3 is 0 Å². The first-order valence-electron chi connectivity index (χ1n) is 6.64. The van der Waals surface area contributed by atoms with E-state index in [0.29, 0.717) is 0 Å². The molecule has 18 heavy (non-hydrogen) atoms. The van der Waals surface area contributed by atoms with Crippen LogP contribution in [-0.4, -0.2) is 24.5 Å². The van der Waals surface area contributed by atoms with E-state index >= 15 is 0 Å². The van der Waals surface area contributed by atoms with Gasteiger partial charge in [0.15, 0.2) is 0 Å². The molecule has 0 aliphatic carbocycles. The largest absolute Gasteiger partial charge is 0.292 e. The van der Waals surface area contributed by atoms with Crippen molar-refractivity contribution in [3.8, 4) is 11.8 Å². The lowest BCUT2D eigenvalue weighted by atomic mass is 10.1. The van der Waals surface area contributed by atoms with Crippen molar-refractivity contribution in [2.75, 3.05) is 19.6 Å². The molecule has 0 heterocycles. The summed E-state index contributed by atoms with van der Waals surface area (Å²) in [5, 5.41) is 0.792. The van der Waals surface area contributed by atoms with Gasteiger partial charge in [0.2, 0.25) is 0 Å². The zero-order valence-electron chi connectivity index (χ0n) is 11.6. The summed E-state index contributed by atoms with van der Waals surface area (Å²) in [7, 11) is 0. The highest BCUT2D eigenvalue weighted by Crippen LogP contribution is 2.15. The van der Waals surface area contributed by atoms with E-state index in [9.17, 15) is 0 Å². The van der Waals surface area contributed by atoms with Crippen molar-refractivity contribution >= 4 is 11.6 Å². The second-order valence-electron chi connectivity index (χ2n) is 4.54. The number of hydrogen-bond acceptors (Lipinski definition) is 1. The highest BCUT2D eigenvalue weighted by molar-refractivity contribution is 6.31. The standard InChI is InChI=1S/C16H22ClN/c1-4-10-18(11-5-2)12-6-7-15-9-8-14(3)16(17)13-15/h8-9,13H,4-5,10-12H2,1-3H3. The molecule has 1 aromatic rings. The fraction of sp³-hybridized carbons (Fsp3) is 0.500. The van der Waals surface area contributed by atoms with Crippen LogP contribution < -0.4 is 0 Å². The maximum Gasteiger partial charge on any atom is 0.0605 e.